The lowest BCUT2D eigenvalue weighted by atomic mass is 10.1. The van der Waals surface area contributed by atoms with Crippen LogP contribution in [0.3, 0.4) is 0 Å². The van der Waals surface area contributed by atoms with Crippen molar-refractivity contribution in [3.8, 4) is 0 Å². The minimum absolute atomic E-state index is 0.0385. The second-order valence-corrected chi connectivity index (χ2v) is 10.6. The van der Waals surface area contributed by atoms with Crippen molar-refractivity contribution in [3.63, 3.8) is 0 Å². The van der Waals surface area contributed by atoms with Crippen molar-refractivity contribution < 1.29 is 8.42 Å². The molecule has 1 atom stereocenters. The summed E-state index contributed by atoms with van der Waals surface area (Å²) in [5.41, 5.74) is 1.72. The minimum atomic E-state index is -3.37. The summed E-state index contributed by atoms with van der Waals surface area (Å²) in [6, 6.07) is 12.0. The molecule has 0 aliphatic rings. The first kappa shape index (κ1) is 23.4. The van der Waals surface area contributed by atoms with Gasteiger partial charge in [-0.3, -0.25) is 4.99 Å². The fourth-order valence-corrected chi connectivity index (χ4v) is 5.54. The topological polar surface area (TPSA) is 82.6 Å². The summed E-state index contributed by atoms with van der Waals surface area (Å²) in [4.78, 5) is 6.95. The molecule has 2 rings (SSSR count). The van der Waals surface area contributed by atoms with Crippen molar-refractivity contribution in [1.29, 1.82) is 0 Å². The van der Waals surface area contributed by atoms with Crippen molar-refractivity contribution in [3.05, 3.63) is 57.3 Å². The van der Waals surface area contributed by atoms with Gasteiger partial charge < -0.3 is 10.6 Å². The maximum absolute atomic E-state index is 12.3. The largest absolute Gasteiger partial charge is 0.354 e. The maximum atomic E-state index is 12.3. The van der Waals surface area contributed by atoms with E-state index in [9.17, 15) is 8.42 Å². The summed E-state index contributed by atoms with van der Waals surface area (Å²) < 4.78 is 27.3. The van der Waals surface area contributed by atoms with E-state index < -0.39 is 10.0 Å². The van der Waals surface area contributed by atoms with Crippen molar-refractivity contribution in [2.45, 2.75) is 58.5 Å². The van der Waals surface area contributed by atoms with E-state index in [4.69, 9.17) is 0 Å². The van der Waals surface area contributed by atoms with Crippen molar-refractivity contribution in [1.82, 2.24) is 15.4 Å². The highest BCUT2D eigenvalue weighted by Crippen LogP contribution is 2.17. The van der Waals surface area contributed by atoms with Gasteiger partial charge in [0.15, 0.2) is 5.96 Å². The predicted octanol–water partition coefficient (Wildman–Crippen LogP) is 3.18. The molecule has 1 unspecified atom stereocenters. The van der Waals surface area contributed by atoms with Crippen molar-refractivity contribution >= 4 is 27.3 Å². The molecule has 0 saturated carbocycles. The molecule has 160 valence electrons. The van der Waals surface area contributed by atoms with Gasteiger partial charge >= 0.3 is 0 Å². The Morgan fingerprint density at radius 3 is 2.38 bits per heavy atom. The lowest BCUT2D eigenvalue weighted by Crippen LogP contribution is -2.42. The minimum Gasteiger partial charge on any atom is -0.354 e. The van der Waals surface area contributed by atoms with Crippen LogP contribution in [0.1, 0.15) is 41.7 Å². The SMILES string of the molecule is CN=C(NCc1ccccc1CS(=O)(=O)NC(C)C)NC(C)Cc1ccc(C)s1. The van der Waals surface area contributed by atoms with Crippen LogP contribution in [0.2, 0.25) is 0 Å². The molecule has 0 aliphatic carbocycles. The van der Waals surface area contributed by atoms with Gasteiger partial charge in [0, 0.05) is 41.9 Å². The summed E-state index contributed by atoms with van der Waals surface area (Å²) in [5.74, 6) is 0.659. The smallest absolute Gasteiger partial charge is 0.216 e. The normalized spacial score (nSPS) is 13.5. The first-order valence-corrected chi connectivity index (χ1v) is 12.2. The van der Waals surface area contributed by atoms with Crippen LogP contribution in [0.25, 0.3) is 0 Å². The van der Waals surface area contributed by atoms with Crippen LogP contribution in [0.5, 0.6) is 0 Å². The molecule has 0 amide bonds. The maximum Gasteiger partial charge on any atom is 0.216 e. The van der Waals surface area contributed by atoms with E-state index in [1.807, 2.05) is 49.4 Å². The number of hydrogen-bond donors (Lipinski definition) is 3. The average Bonchev–Trinajstić information content (AvgIpc) is 3.02. The molecule has 6 nitrogen and oxygen atoms in total. The van der Waals surface area contributed by atoms with Crippen molar-refractivity contribution in [2.24, 2.45) is 4.99 Å². The fourth-order valence-electron chi connectivity index (χ4n) is 3.03. The standard InChI is InChI=1S/C21H32N4O2S2/c1-15(2)25-29(26,27)14-19-9-7-6-8-18(19)13-23-21(22-5)24-16(3)12-20-11-10-17(4)28-20/h6-11,15-16,25H,12-14H2,1-5H3,(H2,22,23,24). The lowest BCUT2D eigenvalue weighted by molar-refractivity contribution is 0.568. The number of aliphatic imine (C=N–C) groups is 1. The molecular formula is C21H32N4O2S2. The molecule has 2 aromatic rings. The molecule has 1 aromatic heterocycles. The number of guanidine groups is 1. The van der Waals surface area contributed by atoms with E-state index in [0.29, 0.717) is 12.5 Å². The Labute approximate surface area is 178 Å². The Hall–Kier alpha value is -1.90. The molecule has 0 saturated heterocycles. The van der Waals surface area contributed by atoms with E-state index in [2.05, 4.69) is 46.3 Å². The fraction of sp³-hybridized carbons (Fsp3) is 0.476. The zero-order valence-corrected chi connectivity index (χ0v) is 19.5. The zero-order valence-electron chi connectivity index (χ0n) is 17.8. The van der Waals surface area contributed by atoms with Crippen LogP contribution in [-0.2, 0) is 28.7 Å². The zero-order chi connectivity index (χ0) is 21.4. The van der Waals surface area contributed by atoms with Crippen LogP contribution in [0.15, 0.2) is 41.4 Å². The Balaban J connectivity index is 1.97. The first-order valence-electron chi connectivity index (χ1n) is 9.78. The number of rotatable bonds is 9. The lowest BCUT2D eigenvalue weighted by Gasteiger charge is -2.18. The van der Waals surface area contributed by atoms with Gasteiger partial charge in [-0.1, -0.05) is 24.3 Å². The molecule has 0 spiro atoms. The van der Waals surface area contributed by atoms with Crippen LogP contribution in [0, 0.1) is 6.92 Å². The molecule has 0 aliphatic heterocycles. The number of nitrogens with one attached hydrogen (secondary N) is 3. The van der Waals surface area contributed by atoms with Gasteiger partial charge in [0.1, 0.15) is 0 Å². The molecule has 29 heavy (non-hydrogen) atoms. The Kier molecular flexibility index (Phi) is 8.67. The van der Waals surface area contributed by atoms with Crippen LogP contribution >= 0.6 is 11.3 Å². The molecule has 1 aromatic carbocycles. The monoisotopic (exact) mass is 436 g/mol. The summed E-state index contributed by atoms with van der Waals surface area (Å²) in [6.45, 7) is 8.37. The molecular weight excluding hydrogens is 404 g/mol. The first-order chi connectivity index (χ1) is 13.7. The summed E-state index contributed by atoms with van der Waals surface area (Å²) >= 11 is 1.81. The van der Waals surface area contributed by atoms with Gasteiger partial charge in [-0.2, -0.15) is 0 Å². The number of hydrogen-bond acceptors (Lipinski definition) is 4. The van der Waals surface area contributed by atoms with E-state index in [1.165, 1.54) is 9.75 Å². The molecule has 0 fully saturated rings. The molecule has 0 radical (unpaired) electrons. The molecule has 3 N–H and O–H groups in total. The number of nitrogens with zero attached hydrogens (tertiary/aromatic N) is 1. The van der Waals surface area contributed by atoms with Crippen LogP contribution < -0.4 is 15.4 Å². The van der Waals surface area contributed by atoms with E-state index in [-0.39, 0.29) is 17.8 Å². The Morgan fingerprint density at radius 1 is 1.10 bits per heavy atom. The van der Waals surface area contributed by atoms with E-state index in [0.717, 1.165) is 17.5 Å². The molecule has 8 heteroatoms. The summed E-state index contributed by atoms with van der Waals surface area (Å²) in [6.07, 6.45) is 0.926. The molecule has 1 heterocycles. The van der Waals surface area contributed by atoms with Gasteiger partial charge in [0.25, 0.3) is 0 Å². The van der Waals surface area contributed by atoms with Crippen LogP contribution in [-0.4, -0.2) is 33.5 Å². The van der Waals surface area contributed by atoms with Crippen LogP contribution in [0.4, 0.5) is 0 Å². The van der Waals surface area contributed by atoms with Gasteiger partial charge in [-0.25, -0.2) is 13.1 Å². The average molecular weight is 437 g/mol. The second-order valence-electron chi connectivity index (χ2n) is 7.49. The van der Waals surface area contributed by atoms with Gasteiger partial charge in [-0.15, -0.1) is 11.3 Å². The highest BCUT2D eigenvalue weighted by Gasteiger charge is 2.15. The highest BCUT2D eigenvalue weighted by atomic mass is 32.2. The predicted molar refractivity (Wildman–Crippen MR) is 123 cm³/mol. The number of sulfonamides is 1. The van der Waals surface area contributed by atoms with E-state index in [1.54, 1.807) is 7.05 Å². The van der Waals surface area contributed by atoms with Gasteiger partial charge in [0.05, 0.1) is 5.75 Å². The summed E-state index contributed by atoms with van der Waals surface area (Å²) in [5, 5.41) is 6.71. The number of thiophene rings is 1. The second kappa shape index (κ2) is 10.8. The quantitative estimate of drug-likeness (QED) is 0.416. The Bertz CT molecular complexity index is 920. The van der Waals surface area contributed by atoms with E-state index >= 15 is 0 Å². The highest BCUT2D eigenvalue weighted by molar-refractivity contribution is 7.88. The third-order valence-corrected chi connectivity index (χ3v) is 6.78. The number of benzene rings is 1. The summed E-state index contributed by atoms with van der Waals surface area (Å²) in [7, 11) is -1.64. The van der Waals surface area contributed by atoms with Crippen molar-refractivity contribution in [2.75, 3.05) is 7.05 Å². The third-order valence-electron chi connectivity index (χ3n) is 4.24. The third kappa shape index (κ3) is 8.16. The van der Waals surface area contributed by atoms with Gasteiger partial charge in [-0.05, 0) is 51.0 Å². The van der Waals surface area contributed by atoms with Gasteiger partial charge in [0.2, 0.25) is 10.0 Å². The molecule has 0 bridgehead atoms. The Morgan fingerprint density at radius 2 is 1.79 bits per heavy atom. The number of aryl methyl sites for hydroxylation is 1.